The Bertz CT molecular complexity index is 435. The molecule has 21 heavy (non-hydrogen) atoms. The summed E-state index contributed by atoms with van der Waals surface area (Å²) in [5.74, 6) is 0.898. The number of aromatic nitrogens is 1. The lowest BCUT2D eigenvalue weighted by Crippen LogP contribution is -2.27. The Labute approximate surface area is 126 Å². The summed E-state index contributed by atoms with van der Waals surface area (Å²) in [4.78, 5) is 18.7. The number of nitrogens with one attached hydrogen (secondary N) is 1. The first-order valence-electron chi connectivity index (χ1n) is 7.88. The van der Waals surface area contributed by atoms with Crippen LogP contribution in [-0.2, 0) is 9.53 Å². The van der Waals surface area contributed by atoms with E-state index in [9.17, 15) is 4.79 Å². The fourth-order valence-electron chi connectivity index (χ4n) is 2.53. The lowest BCUT2D eigenvalue weighted by Gasteiger charge is -2.22. The highest BCUT2D eigenvalue weighted by molar-refractivity contribution is 5.94. The van der Waals surface area contributed by atoms with Crippen molar-refractivity contribution in [2.45, 2.75) is 45.6 Å². The van der Waals surface area contributed by atoms with Crippen molar-refractivity contribution in [2.24, 2.45) is 0 Å². The van der Waals surface area contributed by atoms with Gasteiger partial charge in [0.05, 0.1) is 11.9 Å². The van der Waals surface area contributed by atoms with Gasteiger partial charge in [-0.25, -0.2) is 4.98 Å². The third kappa shape index (κ3) is 4.43. The molecule has 5 nitrogen and oxygen atoms in total. The van der Waals surface area contributed by atoms with E-state index in [0.717, 1.165) is 50.3 Å². The van der Waals surface area contributed by atoms with E-state index in [1.54, 1.807) is 6.20 Å². The van der Waals surface area contributed by atoms with Crippen LogP contribution in [0.4, 0.5) is 11.5 Å². The number of hydrogen-bond donors (Lipinski definition) is 1. The summed E-state index contributed by atoms with van der Waals surface area (Å²) in [6, 6.07) is 3.88. The van der Waals surface area contributed by atoms with Crippen LogP contribution in [0.3, 0.4) is 0 Å². The molecule has 1 aliphatic heterocycles. The second-order valence-corrected chi connectivity index (χ2v) is 5.38. The van der Waals surface area contributed by atoms with Crippen molar-refractivity contribution in [2.75, 3.05) is 29.9 Å². The molecule has 1 aromatic rings. The minimum atomic E-state index is -0.304. The molecule has 1 aliphatic rings. The summed E-state index contributed by atoms with van der Waals surface area (Å²) in [6.07, 6.45) is 5.37. The van der Waals surface area contributed by atoms with Crippen LogP contribution in [0, 0.1) is 0 Å². The molecule has 0 spiro atoms. The highest BCUT2D eigenvalue weighted by Gasteiger charge is 2.23. The maximum atomic E-state index is 12.0. The number of anilines is 2. The maximum absolute atomic E-state index is 12.0. The highest BCUT2D eigenvalue weighted by Crippen LogP contribution is 2.17. The fourth-order valence-corrected chi connectivity index (χ4v) is 2.53. The first kappa shape index (κ1) is 15.8. The summed E-state index contributed by atoms with van der Waals surface area (Å²) < 4.78 is 5.37. The van der Waals surface area contributed by atoms with E-state index in [1.165, 1.54) is 0 Å². The number of ether oxygens (including phenoxy) is 1. The van der Waals surface area contributed by atoms with Crippen molar-refractivity contribution in [3.8, 4) is 0 Å². The molecule has 2 heterocycles. The van der Waals surface area contributed by atoms with Gasteiger partial charge in [0.1, 0.15) is 11.9 Å². The normalized spacial score (nSPS) is 17.7. The van der Waals surface area contributed by atoms with Gasteiger partial charge in [-0.15, -0.1) is 0 Å². The predicted octanol–water partition coefficient (Wildman–Crippen LogP) is 2.83. The Morgan fingerprint density at radius 2 is 2.14 bits per heavy atom. The molecule has 1 atom stereocenters. The van der Waals surface area contributed by atoms with Gasteiger partial charge >= 0.3 is 0 Å². The van der Waals surface area contributed by atoms with Crippen molar-refractivity contribution >= 4 is 17.4 Å². The molecule has 0 bridgehead atoms. The summed E-state index contributed by atoms with van der Waals surface area (Å²) in [7, 11) is 0. The van der Waals surface area contributed by atoms with Crippen LogP contribution in [0.1, 0.15) is 39.5 Å². The van der Waals surface area contributed by atoms with Gasteiger partial charge in [0, 0.05) is 19.7 Å². The first-order chi connectivity index (χ1) is 10.2. The molecule has 1 aromatic heterocycles. The van der Waals surface area contributed by atoms with Crippen LogP contribution in [0.25, 0.3) is 0 Å². The summed E-state index contributed by atoms with van der Waals surface area (Å²) in [6.45, 7) is 7.01. The predicted molar refractivity (Wildman–Crippen MR) is 84.6 cm³/mol. The van der Waals surface area contributed by atoms with E-state index in [1.807, 2.05) is 12.1 Å². The number of pyridine rings is 1. The minimum absolute atomic E-state index is 0.0685. The molecule has 2 rings (SSSR count). The van der Waals surface area contributed by atoms with Crippen molar-refractivity contribution in [3.05, 3.63) is 18.3 Å². The molecule has 0 aromatic carbocycles. The molecule has 1 N–H and O–H groups in total. The van der Waals surface area contributed by atoms with E-state index in [2.05, 4.69) is 29.0 Å². The van der Waals surface area contributed by atoms with Gasteiger partial charge < -0.3 is 15.0 Å². The number of carbonyl (C=O) groups excluding carboxylic acids is 1. The SMILES string of the molecule is CCCN(CCC)c1ccc(NC(=O)C2CCCO2)cn1. The van der Waals surface area contributed by atoms with E-state index in [0.29, 0.717) is 6.61 Å². The van der Waals surface area contributed by atoms with Crippen LogP contribution < -0.4 is 10.2 Å². The molecule has 1 saturated heterocycles. The zero-order valence-electron chi connectivity index (χ0n) is 13.0. The maximum Gasteiger partial charge on any atom is 0.253 e. The Balaban J connectivity index is 1.95. The molecule has 0 radical (unpaired) electrons. The van der Waals surface area contributed by atoms with E-state index >= 15 is 0 Å². The lowest BCUT2D eigenvalue weighted by molar-refractivity contribution is -0.124. The molecule has 1 unspecified atom stereocenters. The largest absolute Gasteiger partial charge is 0.368 e. The average Bonchev–Trinajstić information content (AvgIpc) is 3.02. The number of carbonyl (C=O) groups is 1. The molecule has 0 saturated carbocycles. The van der Waals surface area contributed by atoms with Crippen LogP contribution in [-0.4, -0.2) is 36.7 Å². The molecule has 0 aliphatic carbocycles. The summed E-state index contributed by atoms with van der Waals surface area (Å²) in [5, 5.41) is 2.87. The molecular weight excluding hydrogens is 266 g/mol. The van der Waals surface area contributed by atoms with Crippen molar-refractivity contribution in [3.63, 3.8) is 0 Å². The quantitative estimate of drug-likeness (QED) is 0.839. The molecule has 1 amide bonds. The monoisotopic (exact) mass is 291 g/mol. The second kappa shape index (κ2) is 7.98. The van der Waals surface area contributed by atoms with Crippen molar-refractivity contribution in [1.82, 2.24) is 4.98 Å². The van der Waals surface area contributed by atoms with Crippen molar-refractivity contribution < 1.29 is 9.53 Å². The Morgan fingerprint density at radius 3 is 2.67 bits per heavy atom. The van der Waals surface area contributed by atoms with E-state index < -0.39 is 0 Å². The number of hydrogen-bond acceptors (Lipinski definition) is 4. The van der Waals surface area contributed by atoms with Crippen LogP contribution in [0.5, 0.6) is 0 Å². The fraction of sp³-hybridized carbons (Fsp3) is 0.625. The smallest absolute Gasteiger partial charge is 0.253 e. The Kier molecular flexibility index (Phi) is 5.99. The first-order valence-corrected chi connectivity index (χ1v) is 7.88. The van der Waals surface area contributed by atoms with Crippen molar-refractivity contribution in [1.29, 1.82) is 0 Å². The van der Waals surface area contributed by atoms with Crippen LogP contribution in [0.15, 0.2) is 18.3 Å². The van der Waals surface area contributed by atoms with Crippen LogP contribution in [0.2, 0.25) is 0 Å². The topological polar surface area (TPSA) is 54.5 Å². The van der Waals surface area contributed by atoms with Gasteiger partial charge in [-0.05, 0) is 37.8 Å². The third-order valence-electron chi connectivity index (χ3n) is 3.55. The minimum Gasteiger partial charge on any atom is -0.368 e. The van der Waals surface area contributed by atoms with Gasteiger partial charge in [0.25, 0.3) is 5.91 Å². The van der Waals surface area contributed by atoms with Gasteiger partial charge in [0.15, 0.2) is 0 Å². The van der Waals surface area contributed by atoms with Gasteiger partial charge in [-0.1, -0.05) is 13.8 Å². The molecule has 5 heteroatoms. The number of rotatable bonds is 7. The number of amides is 1. The Morgan fingerprint density at radius 1 is 1.38 bits per heavy atom. The average molecular weight is 291 g/mol. The molecular formula is C16H25N3O2. The summed E-state index contributed by atoms with van der Waals surface area (Å²) >= 11 is 0. The molecule has 1 fully saturated rings. The zero-order chi connectivity index (χ0) is 15.1. The molecule has 116 valence electrons. The van der Waals surface area contributed by atoms with E-state index in [4.69, 9.17) is 4.74 Å². The van der Waals surface area contributed by atoms with Crippen LogP contribution >= 0.6 is 0 Å². The third-order valence-corrected chi connectivity index (χ3v) is 3.55. The Hall–Kier alpha value is -1.62. The van der Waals surface area contributed by atoms with Gasteiger partial charge in [0.2, 0.25) is 0 Å². The highest BCUT2D eigenvalue weighted by atomic mass is 16.5. The van der Waals surface area contributed by atoms with E-state index in [-0.39, 0.29) is 12.0 Å². The van der Waals surface area contributed by atoms with Gasteiger partial charge in [-0.2, -0.15) is 0 Å². The summed E-state index contributed by atoms with van der Waals surface area (Å²) in [5.41, 5.74) is 0.729. The number of nitrogens with zero attached hydrogens (tertiary/aromatic N) is 2. The zero-order valence-corrected chi connectivity index (χ0v) is 13.0. The second-order valence-electron chi connectivity index (χ2n) is 5.38. The standard InChI is InChI=1S/C16H25N3O2/c1-3-9-19(10-4-2)15-8-7-13(12-17-15)18-16(20)14-6-5-11-21-14/h7-8,12,14H,3-6,9-11H2,1-2H3,(H,18,20). The van der Waals surface area contributed by atoms with Gasteiger partial charge in [-0.3, -0.25) is 4.79 Å². The lowest BCUT2D eigenvalue weighted by atomic mass is 10.2.